The van der Waals surface area contributed by atoms with Crippen LogP contribution in [-0.4, -0.2) is 38.4 Å². The van der Waals surface area contributed by atoms with Crippen molar-refractivity contribution in [3.63, 3.8) is 0 Å². The van der Waals surface area contributed by atoms with E-state index < -0.39 is 0 Å². The smallest absolute Gasteiger partial charge is 0.0398 e. The summed E-state index contributed by atoms with van der Waals surface area (Å²) in [6, 6.07) is 0. The van der Waals surface area contributed by atoms with Crippen molar-refractivity contribution < 1.29 is 9.15 Å². The van der Waals surface area contributed by atoms with Gasteiger partial charge in [-0.2, -0.15) is 0 Å². The molecule has 0 radical (unpaired) electrons. The Morgan fingerprint density at radius 2 is 2.27 bits per heavy atom. The van der Waals surface area contributed by atoms with Gasteiger partial charge in [-0.3, -0.25) is 9.85 Å². The molecule has 0 N–H and O–H groups in total. The van der Waals surface area contributed by atoms with Crippen LogP contribution in [0.5, 0.6) is 0 Å². The average molecular weight is 198 g/mol. The lowest BCUT2D eigenvalue weighted by Crippen LogP contribution is -2.04. The number of rotatable bonds is 6. The van der Waals surface area contributed by atoms with E-state index in [9.17, 15) is 5.21 Å². The molecule has 11 heavy (non-hydrogen) atoms. The minimum atomic E-state index is -0.303. The van der Waals surface area contributed by atoms with Gasteiger partial charge in [0, 0.05) is 24.1 Å². The number of hydrogen-bond acceptors (Lipinski definition) is 4. The van der Waals surface area contributed by atoms with Crippen molar-refractivity contribution in [1.82, 2.24) is 5.23 Å². The summed E-state index contributed by atoms with van der Waals surface area (Å²) in [5.41, 5.74) is 0. The van der Waals surface area contributed by atoms with E-state index >= 15 is 0 Å². The van der Waals surface area contributed by atoms with Gasteiger partial charge in [0.1, 0.15) is 0 Å². The van der Waals surface area contributed by atoms with Crippen molar-refractivity contribution in [3.05, 3.63) is 5.21 Å². The quantitative estimate of drug-likeness (QED) is 0.369. The molecular weight excluding hydrogens is 184 g/mol. The van der Waals surface area contributed by atoms with Crippen molar-refractivity contribution in [2.75, 3.05) is 33.1 Å². The van der Waals surface area contributed by atoms with Crippen molar-refractivity contribution >= 4 is 17.0 Å². The summed E-state index contributed by atoms with van der Waals surface area (Å²) in [7, 11) is 3.00. The maximum Gasteiger partial charge on any atom is 0.0398 e. The number of nitrogens with zero attached hydrogens (tertiary/aromatic N) is 1. The van der Waals surface area contributed by atoms with Gasteiger partial charge in [0.05, 0.1) is 0 Å². The van der Waals surface area contributed by atoms with E-state index in [1.54, 1.807) is 7.11 Å². The lowest BCUT2D eigenvalue weighted by molar-refractivity contribution is 0.0432. The number of hydrogen-bond donors (Lipinski definition) is 0. The Morgan fingerprint density at radius 1 is 1.64 bits per heavy atom. The molecule has 0 aromatic carbocycles. The van der Waals surface area contributed by atoms with E-state index in [1.807, 2.05) is 0 Å². The van der Waals surface area contributed by atoms with Gasteiger partial charge in [0.15, 0.2) is 0 Å². The van der Waals surface area contributed by atoms with Crippen LogP contribution < -0.4 is 0 Å². The van der Waals surface area contributed by atoms with Gasteiger partial charge in [-0.25, -0.2) is 0 Å². The highest BCUT2D eigenvalue weighted by Gasteiger charge is 1.97. The van der Waals surface area contributed by atoms with E-state index in [0.717, 1.165) is 12.3 Å². The molecule has 0 heterocycles. The minimum Gasteiger partial charge on any atom is -0.762 e. The SMILES string of the molecule is COP(C)CCPON(C)[O-]. The summed E-state index contributed by atoms with van der Waals surface area (Å²) in [6.45, 7) is 2.06. The highest BCUT2D eigenvalue weighted by Crippen LogP contribution is 2.32. The Balaban J connectivity index is 3.01. The topological polar surface area (TPSA) is 44.8 Å². The summed E-state index contributed by atoms with van der Waals surface area (Å²) >= 11 is 0. The molecule has 0 rings (SSSR count). The largest absolute Gasteiger partial charge is 0.762 e. The molecule has 0 aliphatic carbocycles. The van der Waals surface area contributed by atoms with Crippen LogP contribution in [0.25, 0.3) is 0 Å². The molecule has 0 aliphatic rings. The van der Waals surface area contributed by atoms with Crippen LogP contribution in [0.3, 0.4) is 0 Å². The van der Waals surface area contributed by atoms with Gasteiger partial charge in [-0.05, 0) is 26.0 Å². The van der Waals surface area contributed by atoms with Gasteiger partial charge >= 0.3 is 0 Å². The molecule has 0 spiro atoms. The fourth-order valence-electron chi connectivity index (χ4n) is 0.431. The number of hydroxylamine groups is 2. The predicted molar refractivity (Wildman–Crippen MR) is 50.1 cm³/mol. The first-order valence-corrected chi connectivity index (χ1v) is 6.23. The monoisotopic (exact) mass is 198 g/mol. The first kappa shape index (κ1) is 11.7. The van der Waals surface area contributed by atoms with E-state index in [0.29, 0.717) is 5.23 Å². The molecule has 0 aliphatic heterocycles. The third-order valence-electron chi connectivity index (χ3n) is 1.03. The fraction of sp³-hybridized carbons (Fsp3) is 1.00. The first-order chi connectivity index (χ1) is 5.16. The molecule has 6 heteroatoms. The molecule has 4 nitrogen and oxygen atoms in total. The van der Waals surface area contributed by atoms with E-state index in [2.05, 4.69) is 6.66 Å². The Hall–Kier alpha value is 0.700. The Kier molecular flexibility index (Phi) is 7.82. The molecule has 68 valence electrons. The molecule has 0 fully saturated rings. The van der Waals surface area contributed by atoms with Crippen LogP contribution in [-0.2, 0) is 9.15 Å². The third-order valence-corrected chi connectivity index (χ3v) is 3.77. The van der Waals surface area contributed by atoms with Crippen LogP contribution in [0.1, 0.15) is 0 Å². The van der Waals surface area contributed by atoms with Gasteiger partial charge < -0.3 is 9.73 Å². The van der Waals surface area contributed by atoms with Crippen molar-refractivity contribution in [3.8, 4) is 0 Å². The van der Waals surface area contributed by atoms with Crippen LogP contribution in [0.15, 0.2) is 0 Å². The fourth-order valence-corrected chi connectivity index (χ4v) is 2.51. The molecule has 0 aromatic rings. The van der Waals surface area contributed by atoms with Gasteiger partial charge in [-0.1, -0.05) is 0 Å². The second kappa shape index (κ2) is 7.35. The second-order valence-electron chi connectivity index (χ2n) is 1.96. The van der Waals surface area contributed by atoms with E-state index in [-0.39, 0.29) is 17.0 Å². The summed E-state index contributed by atoms with van der Waals surface area (Å²) < 4.78 is 9.78. The van der Waals surface area contributed by atoms with E-state index in [1.165, 1.54) is 7.05 Å². The maximum atomic E-state index is 10.2. The predicted octanol–water partition coefficient (Wildman–Crippen LogP) is 1.61. The van der Waals surface area contributed by atoms with Crippen LogP contribution in [0.4, 0.5) is 0 Å². The molecule has 0 saturated heterocycles. The lowest BCUT2D eigenvalue weighted by atomic mass is 11.0. The van der Waals surface area contributed by atoms with E-state index in [4.69, 9.17) is 9.15 Å². The van der Waals surface area contributed by atoms with Gasteiger partial charge in [0.2, 0.25) is 0 Å². The van der Waals surface area contributed by atoms with Gasteiger partial charge in [-0.15, -0.1) is 0 Å². The molecule has 0 amide bonds. The lowest BCUT2D eigenvalue weighted by Gasteiger charge is -2.20. The van der Waals surface area contributed by atoms with Crippen LogP contribution in [0, 0.1) is 5.21 Å². The van der Waals surface area contributed by atoms with Crippen LogP contribution >= 0.6 is 17.0 Å². The Morgan fingerprint density at radius 3 is 2.73 bits per heavy atom. The standard InChI is InChI=1S/C5H14NO3P2/c1-6(7)9-10-4-5-11(3)8-2/h10H,4-5H2,1-3H3/q-1. The zero-order chi connectivity index (χ0) is 8.69. The van der Waals surface area contributed by atoms with Crippen molar-refractivity contribution in [2.45, 2.75) is 0 Å². The molecule has 2 atom stereocenters. The second-order valence-corrected chi connectivity index (χ2v) is 5.00. The Labute approximate surface area is 70.5 Å². The normalized spacial score (nSPS) is 15.0. The third kappa shape index (κ3) is 8.61. The average Bonchev–Trinajstić information content (AvgIpc) is 1.97. The van der Waals surface area contributed by atoms with Crippen molar-refractivity contribution in [1.29, 1.82) is 0 Å². The summed E-state index contributed by atoms with van der Waals surface area (Å²) in [5, 5.41) is 10.7. The summed E-state index contributed by atoms with van der Waals surface area (Å²) in [6.07, 6.45) is 1.90. The first-order valence-electron chi connectivity index (χ1n) is 3.22. The maximum absolute atomic E-state index is 10.2. The Bertz CT molecular complexity index is 93.8. The molecule has 2 unspecified atom stereocenters. The highest BCUT2D eigenvalue weighted by atomic mass is 31.1. The minimum absolute atomic E-state index is 0.258. The van der Waals surface area contributed by atoms with Crippen LogP contribution in [0.2, 0.25) is 0 Å². The molecule has 0 saturated carbocycles. The zero-order valence-electron chi connectivity index (χ0n) is 7.03. The molecular formula is C5H14NO3P2-. The highest BCUT2D eigenvalue weighted by molar-refractivity contribution is 7.52. The summed E-state index contributed by atoms with van der Waals surface area (Å²) in [5.74, 6) is 0. The van der Waals surface area contributed by atoms with Gasteiger partial charge in [0.25, 0.3) is 0 Å². The summed E-state index contributed by atoms with van der Waals surface area (Å²) in [4.78, 5) is 0. The van der Waals surface area contributed by atoms with Crippen molar-refractivity contribution in [2.24, 2.45) is 0 Å². The molecule has 0 bridgehead atoms. The molecule has 0 aromatic heterocycles. The zero-order valence-corrected chi connectivity index (χ0v) is 8.93.